The van der Waals surface area contributed by atoms with Crippen molar-refractivity contribution in [3.05, 3.63) is 24.8 Å². The molecular weight excluding hydrogens is 230 g/mol. The second kappa shape index (κ2) is 4.73. The van der Waals surface area contributed by atoms with Gasteiger partial charge in [-0.3, -0.25) is 9.67 Å². The molecule has 0 saturated carbocycles. The molecule has 2 aromatic heterocycles. The van der Waals surface area contributed by atoms with E-state index in [1.807, 2.05) is 13.2 Å². The zero-order valence-corrected chi connectivity index (χ0v) is 10.2. The summed E-state index contributed by atoms with van der Waals surface area (Å²) in [5, 5.41) is 7.38. The van der Waals surface area contributed by atoms with Crippen molar-refractivity contribution in [2.24, 2.45) is 7.05 Å². The van der Waals surface area contributed by atoms with Gasteiger partial charge in [0, 0.05) is 25.4 Å². The Hall–Kier alpha value is -1.95. The second-order valence-corrected chi connectivity index (χ2v) is 4.38. The van der Waals surface area contributed by atoms with Crippen molar-refractivity contribution in [2.75, 3.05) is 13.1 Å². The van der Waals surface area contributed by atoms with Gasteiger partial charge in [-0.2, -0.15) is 5.10 Å². The highest BCUT2D eigenvalue weighted by molar-refractivity contribution is 5.55. The average Bonchev–Trinajstić information content (AvgIpc) is 3.01. The van der Waals surface area contributed by atoms with Gasteiger partial charge in [-0.1, -0.05) is 0 Å². The van der Waals surface area contributed by atoms with Gasteiger partial charge in [-0.15, -0.1) is 0 Å². The van der Waals surface area contributed by atoms with Crippen LogP contribution in [0.4, 0.5) is 0 Å². The van der Waals surface area contributed by atoms with Crippen molar-refractivity contribution in [3.63, 3.8) is 0 Å². The van der Waals surface area contributed by atoms with Gasteiger partial charge >= 0.3 is 0 Å². The zero-order valence-electron chi connectivity index (χ0n) is 10.2. The van der Waals surface area contributed by atoms with Crippen LogP contribution in [0.15, 0.2) is 24.8 Å². The van der Waals surface area contributed by atoms with Gasteiger partial charge in [0.2, 0.25) is 5.88 Å². The van der Waals surface area contributed by atoms with Crippen LogP contribution in [-0.4, -0.2) is 38.9 Å². The molecule has 2 aromatic rings. The lowest BCUT2D eigenvalue weighted by Crippen LogP contribution is -2.20. The lowest BCUT2D eigenvalue weighted by Gasteiger charge is -2.11. The van der Waals surface area contributed by atoms with E-state index >= 15 is 0 Å². The fraction of sp³-hybridized carbons (Fsp3) is 0.417. The molecule has 1 aliphatic heterocycles. The maximum atomic E-state index is 5.78. The zero-order chi connectivity index (χ0) is 12.4. The molecule has 0 aromatic carbocycles. The van der Waals surface area contributed by atoms with Crippen molar-refractivity contribution in [1.82, 2.24) is 25.1 Å². The predicted octanol–water partition coefficient (Wildman–Crippen LogP) is 0.618. The van der Waals surface area contributed by atoms with Crippen LogP contribution in [0.3, 0.4) is 0 Å². The maximum Gasteiger partial charge on any atom is 0.233 e. The molecule has 1 N–H and O–H groups in total. The largest absolute Gasteiger partial charge is 0.472 e. The monoisotopic (exact) mass is 245 g/mol. The minimum Gasteiger partial charge on any atom is -0.472 e. The smallest absolute Gasteiger partial charge is 0.233 e. The normalized spacial score (nSPS) is 19.1. The standard InChI is InChI=1S/C12H15N5O/c1-17-8-9(4-15-17)11-6-14-7-12(16-11)18-10-2-3-13-5-10/h4,6-8,10,13H,2-3,5H2,1H3. The molecule has 1 fully saturated rings. The Morgan fingerprint density at radius 1 is 1.39 bits per heavy atom. The number of aromatic nitrogens is 4. The van der Waals surface area contributed by atoms with Gasteiger partial charge < -0.3 is 10.1 Å². The summed E-state index contributed by atoms with van der Waals surface area (Å²) >= 11 is 0. The molecule has 18 heavy (non-hydrogen) atoms. The Kier molecular flexibility index (Phi) is 2.93. The van der Waals surface area contributed by atoms with Gasteiger partial charge in [-0.05, 0) is 13.0 Å². The number of aryl methyl sites for hydroxylation is 1. The van der Waals surface area contributed by atoms with E-state index in [4.69, 9.17) is 4.74 Å². The molecular formula is C12H15N5O. The first-order valence-corrected chi connectivity index (χ1v) is 6.00. The molecule has 0 amide bonds. The Labute approximate surface area is 105 Å². The minimum absolute atomic E-state index is 0.198. The SMILES string of the molecule is Cn1cc(-c2cncc(OC3CCNC3)n2)cn1. The number of hydrogen-bond acceptors (Lipinski definition) is 5. The summed E-state index contributed by atoms with van der Waals surface area (Å²) in [4.78, 5) is 8.62. The van der Waals surface area contributed by atoms with Crippen LogP contribution in [0, 0.1) is 0 Å². The molecule has 1 atom stereocenters. The lowest BCUT2D eigenvalue weighted by molar-refractivity contribution is 0.213. The first kappa shape index (κ1) is 11.2. The highest BCUT2D eigenvalue weighted by atomic mass is 16.5. The molecule has 0 spiro atoms. The van der Waals surface area contributed by atoms with E-state index in [1.54, 1.807) is 23.3 Å². The predicted molar refractivity (Wildman–Crippen MR) is 66.1 cm³/mol. The van der Waals surface area contributed by atoms with Crippen LogP contribution in [0.25, 0.3) is 11.3 Å². The quantitative estimate of drug-likeness (QED) is 0.858. The van der Waals surface area contributed by atoms with Crippen LogP contribution < -0.4 is 10.1 Å². The highest BCUT2D eigenvalue weighted by Crippen LogP contribution is 2.18. The van der Waals surface area contributed by atoms with E-state index in [-0.39, 0.29) is 6.10 Å². The van der Waals surface area contributed by atoms with Crippen LogP contribution in [0.5, 0.6) is 5.88 Å². The van der Waals surface area contributed by atoms with Crippen molar-refractivity contribution >= 4 is 0 Å². The van der Waals surface area contributed by atoms with E-state index in [0.29, 0.717) is 5.88 Å². The van der Waals surface area contributed by atoms with Gasteiger partial charge in [0.05, 0.1) is 24.3 Å². The molecule has 94 valence electrons. The van der Waals surface area contributed by atoms with E-state index in [1.165, 1.54) is 0 Å². The number of nitrogens with one attached hydrogen (secondary N) is 1. The fourth-order valence-corrected chi connectivity index (χ4v) is 2.00. The summed E-state index contributed by atoms with van der Waals surface area (Å²) < 4.78 is 7.52. The molecule has 3 heterocycles. The number of nitrogens with zero attached hydrogens (tertiary/aromatic N) is 4. The third-order valence-electron chi connectivity index (χ3n) is 2.92. The Bertz CT molecular complexity index is 533. The van der Waals surface area contributed by atoms with E-state index in [0.717, 1.165) is 30.8 Å². The van der Waals surface area contributed by atoms with Crippen molar-refractivity contribution < 1.29 is 4.74 Å². The van der Waals surface area contributed by atoms with Crippen molar-refractivity contribution in [1.29, 1.82) is 0 Å². The van der Waals surface area contributed by atoms with E-state index in [9.17, 15) is 0 Å². The topological polar surface area (TPSA) is 64.9 Å². The van der Waals surface area contributed by atoms with Crippen LogP contribution in [0.1, 0.15) is 6.42 Å². The number of hydrogen-bond donors (Lipinski definition) is 1. The fourth-order valence-electron chi connectivity index (χ4n) is 2.00. The van der Waals surface area contributed by atoms with Gasteiger partial charge in [0.25, 0.3) is 0 Å². The van der Waals surface area contributed by atoms with Crippen molar-refractivity contribution in [2.45, 2.75) is 12.5 Å². The molecule has 6 heteroatoms. The molecule has 0 aliphatic carbocycles. The summed E-state index contributed by atoms with van der Waals surface area (Å²) in [6.45, 7) is 1.87. The molecule has 0 bridgehead atoms. The third kappa shape index (κ3) is 2.33. The number of ether oxygens (including phenoxy) is 1. The summed E-state index contributed by atoms with van der Waals surface area (Å²) in [7, 11) is 1.88. The van der Waals surface area contributed by atoms with Gasteiger partial charge in [0.15, 0.2) is 0 Å². The minimum atomic E-state index is 0.198. The molecule has 1 unspecified atom stereocenters. The first-order chi connectivity index (χ1) is 8.81. The summed E-state index contributed by atoms with van der Waals surface area (Å²) in [5.41, 5.74) is 1.73. The lowest BCUT2D eigenvalue weighted by atomic mass is 10.3. The molecule has 1 saturated heterocycles. The maximum absolute atomic E-state index is 5.78. The average molecular weight is 245 g/mol. The van der Waals surface area contributed by atoms with E-state index < -0.39 is 0 Å². The Balaban J connectivity index is 1.80. The molecule has 3 rings (SSSR count). The van der Waals surface area contributed by atoms with Crippen molar-refractivity contribution in [3.8, 4) is 17.1 Å². The highest BCUT2D eigenvalue weighted by Gasteiger charge is 2.16. The first-order valence-electron chi connectivity index (χ1n) is 6.00. The summed E-state index contributed by atoms with van der Waals surface area (Å²) in [6, 6.07) is 0. The Morgan fingerprint density at radius 2 is 2.33 bits per heavy atom. The van der Waals surface area contributed by atoms with E-state index in [2.05, 4.69) is 20.4 Å². The summed E-state index contributed by atoms with van der Waals surface area (Å²) in [5.74, 6) is 0.574. The van der Waals surface area contributed by atoms with Crippen LogP contribution >= 0.6 is 0 Å². The molecule has 1 aliphatic rings. The Morgan fingerprint density at radius 3 is 3.06 bits per heavy atom. The second-order valence-electron chi connectivity index (χ2n) is 4.38. The van der Waals surface area contributed by atoms with Crippen LogP contribution in [0.2, 0.25) is 0 Å². The van der Waals surface area contributed by atoms with Gasteiger partial charge in [0.1, 0.15) is 6.10 Å². The van der Waals surface area contributed by atoms with Crippen LogP contribution in [-0.2, 0) is 7.05 Å². The molecule has 0 radical (unpaired) electrons. The number of rotatable bonds is 3. The third-order valence-corrected chi connectivity index (χ3v) is 2.92. The van der Waals surface area contributed by atoms with Gasteiger partial charge in [-0.25, -0.2) is 4.98 Å². The molecule has 6 nitrogen and oxygen atoms in total. The summed E-state index contributed by atoms with van der Waals surface area (Å²) in [6.07, 6.45) is 8.26.